The first-order valence-electron chi connectivity index (χ1n) is 7.43. The summed E-state index contributed by atoms with van der Waals surface area (Å²) in [5, 5.41) is 18.3. The van der Waals surface area contributed by atoms with Crippen molar-refractivity contribution >= 4 is 13.1 Å². The van der Waals surface area contributed by atoms with E-state index in [1.54, 1.807) is 12.1 Å². The summed E-state index contributed by atoms with van der Waals surface area (Å²) in [4.78, 5) is 11.2. The Labute approximate surface area is 131 Å². The maximum Gasteiger partial charge on any atom is 0.466 e. The van der Waals surface area contributed by atoms with E-state index in [1.165, 1.54) is 0 Å². The van der Waals surface area contributed by atoms with Gasteiger partial charge in [-0.1, -0.05) is 24.3 Å². The Bertz CT molecular complexity index is 522. The number of hydrogen-bond donors (Lipinski definition) is 2. The third-order valence-electron chi connectivity index (χ3n) is 4.58. The summed E-state index contributed by atoms with van der Waals surface area (Å²) in [5.74, 6) is -1.29. The molecule has 0 spiro atoms. The zero-order valence-electron chi connectivity index (χ0n) is 13.5. The molecule has 2 N–H and O–H groups in total. The molecular weight excluding hydrogens is 283 g/mol. The Morgan fingerprint density at radius 3 is 2.05 bits per heavy atom. The maximum atomic E-state index is 11.2. The molecule has 0 aromatic heterocycles. The van der Waals surface area contributed by atoms with Gasteiger partial charge in [-0.3, -0.25) is 4.79 Å². The van der Waals surface area contributed by atoms with Crippen molar-refractivity contribution in [3.8, 4) is 0 Å². The largest absolute Gasteiger partial charge is 0.481 e. The van der Waals surface area contributed by atoms with E-state index >= 15 is 0 Å². The van der Waals surface area contributed by atoms with E-state index in [2.05, 4.69) is 0 Å². The number of aliphatic hydroxyl groups excluding tert-OH is 1. The summed E-state index contributed by atoms with van der Waals surface area (Å²) < 4.78 is 12.0. The second-order valence-electron chi connectivity index (χ2n) is 6.73. The molecule has 6 heteroatoms. The fourth-order valence-electron chi connectivity index (χ4n) is 2.48. The third kappa shape index (κ3) is 3.34. The Morgan fingerprint density at radius 1 is 1.14 bits per heavy atom. The summed E-state index contributed by atoms with van der Waals surface area (Å²) in [6.45, 7) is 7.74. The zero-order chi connectivity index (χ0) is 16.5. The van der Waals surface area contributed by atoms with Gasteiger partial charge in [-0.2, -0.15) is 0 Å². The van der Waals surface area contributed by atoms with Crippen molar-refractivity contribution in [1.29, 1.82) is 0 Å². The molecule has 1 fully saturated rings. The molecule has 1 unspecified atom stereocenters. The van der Waals surface area contributed by atoms with Crippen LogP contribution in [0.25, 0.3) is 0 Å². The number of aliphatic hydroxyl groups is 1. The van der Waals surface area contributed by atoms with Crippen LogP contribution >= 0.6 is 0 Å². The summed E-state index contributed by atoms with van der Waals surface area (Å²) in [6, 6.07) is 7.22. The van der Waals surface area contributed by atoms with E-state index in [-0.39, 0.29) is 13.0 Å². The first kappa shape index (κ1) is 17.0. The Kier molecular flexibility index (Phi) is 4.66. The van der Waals surface area contributed by atoms with Gasteiger partial charge in [-0.15, -0.1) is 0 Å². The van der Waals surface area contributed by atoms with Gasteiger partial charge >= 0.3 is 13.1 Å². The quantitative estimate of drug-likeness (QED) is 0.817. The van der Waals surface area contributed by atoms with Crippen molar-refractivity contribution in [3.63, 3.8) is 0 Å². The minimum Gasteiger partial charge on any atom is -0.481 e. The van der Waals surface area contributed by atoms with Gasteiger partial charge in [0.05, 0.1) is 24.2 Å². The molecule has 1 aliphatic heterocycles. The summed E-state index contributed by atoms with van der Waals surface area (Å²) in [5.41, 5.74) is 0.615. The lowest BCUT2D eigenvalue weighted by atomic mass is 9.66. The van der Waals surface area contributed by atoms with Crippen molar-refractivity contribution < 1.29 is 24.3 Å². The predicted molar refractivity (Wildman–Crippen MR) is 83.4 cm³/mol. The molecule has 1 aromatic carbocycles. The standard InChI is InChI=1S/C16H23BO5/c1-15(2)16(3,4)22-17(21-15)13(9-14(19)20)12-7-5-11(10-18)6-8-12/h5-8,13,18H,9-10H2,1-4H3,(H,19,20). The van der Waals surface area contributed by atoms with E-state index in [1.807, 2.05) is 39.8 Å². The van der Waals surface area contributed by atoms with Crippen molar-refractivity contribution in [3.05, 3.63) is 35.4 Å². The van der Waals surface area contributed by atoms with Crippen LogP contribution in [0.3, 0.4) is 0 Å². The van der Waals surface area contributed by atoms with E-state index in [4.69, 9.17) is 14.4 Å². The highest BCUT2D eigenvalue weighted by Crippen LogP contribution is 2.41. The highest BCUT2D eigenvalue weighted by atomic mass is 16.7. The fraction of sp³-hybridized carbons (Fsp3) is 0.562. The van der Waals surface area contributed by atoms with Crippen LogP contribution in [0.2, 0.25) is 0 Å². The van der Waals surface area contributed by atoms with Gasteiger partial charge in [-0.05, 0) is 38.8 Å². The molecule has 0 saturated carbocycles. The Balaban J connectivity index is 2.29. The maximum absolute atomic E-state index is 11.2. The molecule has 1 aromatic rings. The number of aliphatic carboxylic acids is 1. The number of rotatable bonds is 5. The summed E-state index contributed by atoms with van der Waals surface area (Å²) in [6.07, 6.45) is -0.0741. The van der Waals surface area contributed by atoms with E-state index < -0.39 is 30.1 Å². The second kappa shape index (κ2) is 6.03. The van der Waals surface area contributed by atoms with Crippen molar-refractivity contribution in [2.45, 2.75) is 57.7 Å². The van der Waals surface area contributed by atoms with Gasteiger partial charge in [0.15, 0.2) is 0 Å². The number of benzene rings is 1. The SMILES string of the molecule is CC1(C)OB(C(CC(=O)O)c2ccc(CO)cc2)OC1(C)C. The van der Waals surface area contributed by atoms with Gasteiger partial charge < -0.3 is 19.5 Å². The average Bonchev–Trinajstić information content (AvgIpc) is 2.64. The molecule has 0 bridgehead atoms. The van der Waals surface area contributed by atoms with Crippen LogP contribution in [0.4, 0.5) is 0 Å². The molecule has 1 aliphatic rings. The first-order chi connectivity index (χ1) is 10.2. The lowest BCUT2D eigenvalue weighted by molar-refractivity contribution is -0.137. The molecule has 0 amide bonds. The minimum absolute atomic E-state index is 0.0413. The molecular formula is C16H23BO5. The van der Waals surface area contributed by atoms with E-state index in [0.717, 1.165) is 11.1 Å². The highest BCUT2D eigenvalue weighted by molar-refractivity contribution is 6.48. The van der Waals surface area contributed by atoms with Crippen molar-refractivity contribution in [2.75, 3.05) is 0 Å². The summed E-state index contributed by atoms with van der Waals surface area (Å²) in [7, 11) is -0.610. The number of hydrogen-bond acceptors (Lipinski definition) is 4. The van der Waals surface area contributed by atoms with Crippen LogP contribution in [0.5, 0.6) is 0 Å². The van der Waals surface area contributed by atoms with Crippen LogP contribution in [-0.4, -0.2) is 34.5 Å². The third-order valence-corrected chi connectivity index (χ3v) is 4.58. The van der Waals surface area contributed by atoms with Crippen molar-refractivity contribution in [1.82, 2.24) is 0 Å². The van der Waals surface area contributed by atoms with Gasteiger partial charge in [0.2, 0.25) is 0 Å². The van der Waals surface area contributed by atoms with Crippen LogP contribution in [0, 0.1) is 0 Å². The number of carboxylic acids is 1. The normalized spacial score (nSPS) is 20.9. The lowest BCUT2D eigenvalue weighted by Gasteiger charge is -2.32. The van der Waals surface area contributed by atoms with Crippen LogP contribution in [0.1, 0.15) is 51.1 Å². The van der Waals surface area contributed by atoms with Gasteiger partial charge in [0.1, 0.15) is 0 Å². The predicted octanol–water partition coefficient (Wildman–Crippen LogP) is 2.37. The highest BCUT2D eigenvalue weighted by Gasteiger charge is 2.54. The first-order valence-corrected chi connectivity index (χ1v) is 7.43. The number of carboxylic acid groups (broad SMARTS) is 1. The summed E-state index contributed by atoms with van der Waals surface area (Å²) >= 11 is 0. The van der Waals surface area contributed by atoms with Gasteiger partial charge in [0, 0.05) is 5.82 Å². The topological polar surface area (TPSA) is 76.0 Å². The van der Waals surface area contributed by atoms with Crippen LogP contribution in [-0.2, 0) is 20.7 Å². The molecule has 1 atom stereocenters. The monoisotopic (exact) mass is 306 g/mol. The molecule has 2 rings (SSSR count). The van der Waals surface area contributed by atoms with Gasteiger partial charge in [-0.25, -0.2) is 0 Å². The Morgan fingerprint density at radius 2 is 1.64 bits per heavy atom. The smallest absolute Gasteiger partial charge is 0.466 e. The number of carbonyl (C=O) groups is 1. The lowest BCUT2D eigenvalue weighted by Crippen LogP contribution is -2.41. The fourth-order valence-corrected chi connectivity index (χ4v) is 2.48. The minimum atomic E-state index is -0.897. The molecule has 120 valence electrons. The van der Waals surface area contributed by atoms with Crippen LogP contribution < -0.4 is 0 Å². The van der Waals surface area contributed by atoms with Crippen molar-refractivity contribution in [2.24, 2.45) is 0 Å². The van der Waals surface area contributed by atoms with E-state index in [9.17, 15) is 9.90 Å². The molecule has 1 heterocycles. The zero-order valence-corrected chi connectivity index (χ0v) is 13.5. The molecule has 5 nitrogen and oxygen atoms in total. The molecule has 0 aliphatic carbocycles. The average molecular weight is 306 g/mol. The van der Waals surface area contributed by atoms with Crippen LogP contribution in [0.15, 0.2) is 24.3 Å². The molecule has 0 radical (unpaired) electrons. The van der Waals surface area contributed by atoms with E-state index in [0.29, 0.717) is 0 Å². The molecule has 22 heavy (non-hydrogen) atoms. The second-order valence-corrected chi connectivity index (χ2v) is 6.73. The van der Waals surface area contributed by atoms with Gasteiger partial charge in [0.25, 0.3) is 0 Å². The Hall–Kier alpha value is -1.37. The molecule has 1 saturated heterocycles.